The molecule has 2 heterocycles. The normalized spacial score (nSPS) is 20.6. The minimum absolute atomic E-state index is 0.180. The molecule has 1 aromatic heterocycles. The number of rotatable bonds is 3. The monoisotopic (exact) mass is 316 g/mol. The highest BCUT2D eigenvalue weighted by molar-refractivity contribution is 5.91. The molecule has 0 bridgehead atoms. The van der Waals surface area contributed by atoms with Crippen molar-refractivity contribution in [2.75, 3.05) is 18.5 Å². The lowest BCUT2D eigenvalue weighted by Crippen LogP contribution is -2.26. The molecule has 23 heavy (non-hydrogen) atoms. The van der Waals surface area contributed by atoms with Crippen molar-refractivity contribution in [1.29, 1.82) is 0 Å². The quantitative estimate of drug-likeness (QED) is 0.892. The lowest BCUT2D eigenvalue weighted by molar-refractivity contribution is 0.0957. The maximum atomic E-state index is 13.5. The van der Waals surface area contributed by atoms with E-state index < -0.39 is 6.10 Å². The van der Waals surface area contributed by atoms with Crippen molar-refractivity contribution in [1.82, 2.24) is 15.5 Å². The second-order valence-corrected chi connectivity index (χ2v) is 5.47. The lowest BCUT2D eigenvalue weighted by Gasteiger charge is -2.25. The van der Waals surface area contributed by atoms with Gasteiger partial charge in [0, 0.05) is 13.6 Å². The molecule has 1 fully saturated rings. The van der Waals surface area contributed by atoms with Crippen LogP contribution in [0.1, 0.15) is 28.5 Å². The van der Waals surface area contributed by atoms with Crippen LogP contribution in [-0.2, 0) is 0 Å². The number of carbonyl (C=O) groups excluding carboxylic acids is 1. The molecule has 3 rings (SSSR count). The topological polar surface area (TPSA) is 78.4 Å². The van der Waals surface area contributed by atoms with Crippen molar-refractivity contribution >= 4 is 11.7 Å². The van der Waals surface area contributed by atoms with Gasteiger partial charge in [0.05, 0.1) is 12.1 Å². The molecule has 2 N–H and O–H groups in total. The van der Waals surface area contributed by atoms with E-state index in [1.807, 2.05) is 11.0 Å². The number of hydrogen-bond donors (Lipinski definition) is 2. The van der Waals surface area contributed by atoms with Crippen molar-refractivity contribution < 1.29 is 14.3 Å². The second kappa shape index (κ2) is 6.29. The van der Waals surface area contributed by atoms with Gasteiger partial charge in [0.2, 0.25) is 0 Å². The Morgan fingerprint density at radius 1 is 1.35 bits per heavy atom. The van der Waals surface area contributed by atoms with Crippen molar-refractivity contribution in [3.63, 3.8) is 0 Å². The van der Waals surface area contributed by atoms with E-state index >= 15 is 0 Å². The van der Waals surface area contributed by atoms with E-state index in [1.54, 1.807) is 18.2 Å². The number of nitrogens with one attached hydrogen (secondary N) is 1. The Balaban J connectivity index is 1.89. The predicted octanol–water partition coefficient (Wildman–Crippen LogP) is 1.29. The van der Waals surface area contributed by atoms with Crippen LogP contribution < -0.4 is 10.2 Å². The number of aliphatic hydroxyl groups is 1. The van der Waals surface area contributed by atoms with E-state index in [0.29, 0.717) is 18.8 Å². The number of nitrogens with zero attached hydrogens (tertiary/aromatic N) is 3. The molecular weight excluding hydrogens is 299 g/mol. The fraction of sp³-hybridized carbons (Fsp3) is 0.312. The molecule has 0 spiro atoms. The number of β-amino-alcohol motifs (C(OH)–C–C–N with tert-alkyl or cyclic N) is 1. The highest BCUT2D eigenvalue weighted by Gasteiger charge is 2.33. The van der Waals surface area contributed by atoms with E-state index in [-0.39, 0.29) is 23.5 Å². The third-order valence-corrected chi connectivity index (χ3v) is 3.92. The number of amides is 1. The minimum Gasteiger partial charge on any atom is -0.391 e. The summed E-state index contributed by atoms with van der Waals surface area (Å²) in [6.07, 6.45) is -0.0359. The van der Waals surface area contributed by atoms with Gasteiger partial charge in [-0.1, -0.05) is 12.1 Å². The maximum Gasteiger partial charge on any atom is 0.271 e. The number of aliphatic hydroxyl groups excluding tert-OH is 1. The van der Waals surface area contributed by atoms with Crippen LogP contribution in [0.15, 0.2) is 36.4 Å². The summed E-state index contributed by atoms with van der Waals surface area (Å²) >= 11 is 0. The number of aromatic nitrogens is 2. The van der Waals surface area contributed by atoms with Crippen LogP contribution in [-0.4, -0.2) is 40.9 Å². The highest BCUT2D eigenvalue weighted by atomic mass is 19.1. The Labute approximate surface area is 133 Å². The average molecular weight is 316 g/mol. The smallest absolute Gasteiger partial charge is 0.271 e. The van der Waals surface area contributed by atoms with Crippen LogP contribution in [0.2, 0.25) is 0 Å². The van der Waals surface area contributed by atoms with Gasteiger partial charge in [-0.3, -0.25) is 4.79 Å². The largest absolute Gasteiger partial charge is 0.391 e. The molecule has 120 valence electrons. The first-order valence-electron chi connectivity index (χ1n) is 7.34. The molecule has 2 atom stereocenters. The summed E-state index contributed by atoms with van der Waals surface area (Å²) in [5.74, 6) is -0.0828. The third-order valence-electron chi connectivity index (χ3n) is 3.92. The molecule has 1 amide bonds. The lowest BCUT2D eigenvalue weighted by atomic mass is 10.0. The van der Waals surface area contributed by atoms with Crippen molar-refractivity contribution in [3.05, 3.63) is 53.5 Å². The van der Waals surface area contributed by atoms with Gasteiger partial charge in [0.1, 0.15) is 5.82 Å². The van der Waals surface area contributed by atoms with E-state index in [0.717, 1.165) is 5.56 Å². The van der Waals surface area contributed by atoms with Gasteiger partial charge in [0.25, 0.3) is 5.91 Å². The first kappa shape index (κ1) is 15.4. The molecule has 1 aliphatic heterocycles. The van der Waals surface area contributed by atoms with Crippen molar-refractivity contribution in [3.8, 4) is 0 Å². The number of hydrogen-bond acceptors (Lipinski definition) is 5. The summed E-state index contributed by atoms with van der Waals surface area (Å²) in [6, 6.07) is 9.40. The zero-order valence-corrected chi connectivity index (χ0v) is 12.6. The standard InChI is InChI=1S/C16H17FN4O2/c1-18-16(23)13-5-6-15(20-19-13)21-9-12(22)8-14(21)10-3-2-4-11(17)7-10/h2-7,12,14,22H,8-9H2,1H3,(H,18,23)/t12-,14+/m1/s1. The van der Waals surface area contributed by atoms with Gasteiger partial charge in [-0.15, -0.1) is 10.2 Å². The van der Waals surface area contributed by atoms with Gasteiger partial charge in [-0.25, -0.2) is 4.39 Å². The van der Waals surface area contributed by atoms with E-state index in [2.05, 4.69) is 15.5 Å². The fourth-order valence-corrected chi connectivity index (χ4v) is 2.82. The minimum atomic E-state index is -0.524. The first-order chi connectivity index (χ1) is 11.1. The van der Waals surface area contributed by atoms with Gasteiger partial charge >= 0.3 is 0 Å². The Bertz CT molecular complexity index is 707. The number of halogens is 1. The van der Waals surface area contributed by atoms with Crippen LogP contribution >= 0.6 is 0 Å². The fourth-order valence-electron chi connectivity index (χ4n) is 2.82. The van der Waals surface area contributed by atoms with E-state index in [1.165, 1.54) is 19.2 Å². The van der Waals surface area contributed by atoms with Gasteiger partial charge in [-0.2, -0.15) is 0 Å². The summed E-state index contributed by atoms with van der Waals surface area (Å²) in [6.45, 7) is 0.384. The van der Waals surface area contributed by atoms with Gasteiger partial charge < -0.3 is 15.3 Å². The van der Waals surface area contributed by atoms with E-state index in [4.69, 9.17) is 0 Å². The molecule has 1 saturated heterocycles. The molecule has 0 saturated carbocycles. The second-order valence-electron chi connectivity index (χ2n) is 5.47. The Morgan fingerprint density at radius 3 is 2.83 bits per heavy atom. The molecule has 7 heteroatoms. The van der Waals surface area contributed by atoms with E-state index in [9.17, 15) is 14.3 Å². The zero-order valence-electron chi connectivity index (χ0n) is 12.6. The summed E-state index contributed by atoms with van der Waals surface area (Å²) in [5.41, 5.74) is 0.997. The molecule has 2 aromatic rings. The molecular formula is C16H17FN4O2. The van der Waals surface area contributed by atoms with Crippen LogP contribution in [0.3, 0.4) is 0 Å². The maximum absolute atomic E-state index is 13.5. The van der Waals surface area contributed by atoms with Crippen molar-refractivity contribution in [2.24, 2.45) is 0 Å². The molecule has 0 aliphatic carbocycles. The first-order valence-corrected chi connectivity index (χ1v) is 7.34. The summed E-state index contributed by atoms with van der Waals surface area (Å²) in [4.78, 5) is 13.4. The zero-order chi connectivity index (χ0) is 16.4. The summed E-state index contributed by atoms with van der Waals surface area (Å²) in [7, 11) is 1.52. The summed E-state index contributed by atoms with van der Waals surface area (Å²) in [5, 5.41) is 20.5. The Kier molecular flexibility index (Phi) is 4.20. The van der Waals surface area contributed by atoms with Crippen molar-refractivity contribution in [2.45, 2.75) is 18.6 Å². The van der Waals surface area contributed by atoms with Crippen LogP contribution in [0.25, 0.3) is 0 Å². The SMILES string of the molecule is CNC(=O)c1ccc(N2C[C@H](O)C[C@H]2c2cccc(F)c2)nn1. The van der Waals surface area contributed by atoms with Crippen LogP contribution in [0, 0.1) is 5.82 Å². The molecule has 1 aliphatic rings. The molecule has 6 nitrogen and oxygen atoms in total. The number of anilines is 1. The third kappa shape index (κ3) is 3.14. The van der Waals surface area contributed by atoms with Crippen LogP contribution in [0.4, 0.5) is 10.2 Å². The summed E-state index contributed by atoms with van der Waals surface area (Å²) < 4.78 is 13.5. The highest BCUT2D eigenvalue weighted by Crippen LogP contribution is 2.35. The number of benzene rings is 1. The number of carbonyl (C=O) groups is 1. The van der Waals surface area contributed by atoms with Crippen LogP contribution in [0.5, 0.6) is 0 Å². The Morgan fingerprint density at radius 2 is 2.17 bits per heavy atom. The predicted molar refractivity (Wildman–Crippen MR) is 82.5 cm³/mol. The Hall–Kier alpha value is -2.54. The average Bonchev–Trinajstić information content (AvgIpc) is 2.96. The van der Waals surface area contributed by atoms with Gasteiger partial charge in [-0.05, 0) is 36.2 Å². The molecule has 0 unspecified atom stereocenters. The molecule has 1 aromatic carbocycles. The van der Waals surface area contributed by atoms with Gasteiger partial charge in [0.15, 0.2) is 11.5 Å². The molecule has 0 radical (unpaired) electrons.